The molecule has 0 aromatic carbocycles. The Morgan fingerprint density at radius 1 is 1.23 bits per heavy atom. The number of hydrogen-bond acceptors (Lipinski definition) is 4. The summed E-state index contributed by atoms with van der Waals surface area (Å²) >= 11 is 0. The number of piperidine rings is 1. The number of amides is 1. The van der Waals surface area contributed by atoms with Crippen LogP contribution in [-0.2, 0) is 16.1 Å². The zero-order valence-corrected chi connectivity index (χ0v) is 16.5. The van der Waals surface area contributed by atoms with Crippen LogP contribution in [0.4, 0.5) is 0 Å². The molecule has 1 unspecified atom stereocenters. The van der Waals surface area contributed by atoms with E-state index in [1.54, 1.807) is 6.20 Å². The van der Waals surface area contributed by atoms with E-state index in [2.05, 4.69) is 36.0 Å². The molecule has 6 heteroatoms. The standard InChI is InChI=1S/C20H34N4O2/c1-20(2,3)18(14-23-11-8-21-15-23)22-19(25)16-4-9-24(10-5-16)17-6-12-26-13-7-17/h8,11,15-18H,4-7,9-10,12-14H2,1-3H3,(H,22,25). The Bertz CT molecular complexity index is 553. The highest BCUT2D eigenvalue weighted by Crippen LogP contribution is 2.25. The summed E-state index contributed by atoms with van der Waals surface area (Å²) in [4.78, 5) is 19.6. The number of likely N-dealkylation sites (tertiary alicyclic amines) is 1. The van der Waals surface area contributed by atoms with Crippen molar-refractivity contribution in [2.45, 2.75) is 65.1 Å². The van der Waals surface area contributed by atoms with Gasteiger partial charge in [0.05, 0.1) is 12.4 Å². The molecule has 0 bridgehead atoms. The van der Waals surface area contributed by atoms with E-state index < -0.39 is 0 Å². The molecule has 1 amide bonds. The molecular formula is C20H34N4O2. The van der Waals surface area contributed by atoms with Crippen LogP contribution in [-0.4, -0.2) is 58.7 Å². The van der Waals surface area contributed by atoms with Crippen LogP contribution in [0.2, 0.25) is 0 Å². The number of nitrogens with one attached hydrogen (secondary N) is 1. The monoisotopic (exact) mass is 362 g/mol. The van der Waals surface area contributed by atoms with E-state index in [4.69, 9.17) is 4.74 Å². The van der Waals surface area contributed by atoms with Crippen molar-refractivity contribution in [2.75, 3.05) is 26.3 Å². The second kappa shape index (κ2) is 8.53. The lowest BCUT2D eigenvalue weighted by atomic mass is 9.85. The molecule has 2 aliphatic heterocycles. The minimum absolute atomic E-state index is 0.00271. The maximum Gasteiger partial charge on any atom is 0.223 e. The van der Waals surface area contributed by atoms with E-state index >= 15 is 0 Å². The molecule has 2 fully saturated rings. The van der Waals surface area contributed by atoms with Crippen molar-refractivity contribution in [1.82, 2.24) is 19.8 Å². The Kier molecular flexibility index (Phi) is 6.35. The van der Waals surface area contributed by atoms with Gasteiger partial charge in [-0.05, 0) is 44.2 Å². The normalized spacial score (nSPS) is 22.3. The summed E-state index contributed by atoms with van der Waals surface area (Å²) in [6.45, 7) is 11.1. The van der Waals surface area contributed by atoms with Crippen molar-refractivity contribution in [1.29, 1.82) is 0 Å². The second-order valence-electron chi connectivity index (χ2n) is 8.84. The SMILES string of the molecule is CC(C)(C)C(Cn1ccnc1)NC(=O)C1CCN(C2CCOCC2)CC1. The molecule has 1 aromatic rings. The maximum atomic E-state index is 12.9. The van der Waals surface area contributed by atoms with Crippen LogP contribution in [0.15, 0.2) is 18.7 Å². The van der Waals surface area contributed by atoms with Crippen molar-refractivity contribution >= 4 is 5.91 Å². The topological polar surface area (TPSA) is 59.4 Å². The van der Waals surface area contributed by atoms with Gasteiger partial charge in [-0.3, -0.25) is 4.79 Å². The van der Waals surface area contributed by atoms with E-state index in [9.17, 15) is 4.79 Å². The van der Waals surface area contributed by atoms with Gasteiger partial charge in [0.2, 0.25) is 5.91 Å². The summed E-state index contributed by atoms with van der Waals surface area (Å²) in [6.07, 6.45) is 9.75. The number of hydrogen-bond donors (Lipinski definition) is 1. The molecule has 0 aliphatic carbocycles. The molecule has 6 nitrogen and oxygen atoms in total. The first-order valence-corrected chi connectivity index (χ1v) is 10.0. The fraction of sp³-hybridized carbons (Fsp3) is 0.800. The molecule has 1 atom stereocenters. The van der Waals surface area contributed by atoms with Gasteiger partial charge in [0.25, 0.3) is 0 Å². The van der Waals surface area contributed by atoms with Gasteiger partial charge in [0, 0.05) is 44.1 Å². The third kappa shape index (κ3) is 5.07. The Hall–Kier alpha value is -1.40. The molecule has 3 heterocycles. The smallest absolute Gasteiger partial charge is 0.223 e. The third-order valence-electron chi connectivity index (χ3n) is 5.92. The van der Waals surface area contributed by atoms with Crippen molar-refractivity contribution in [2.24, 2.45) is 11.3 Å². The van der Waals surface area contributed by atoms with E-state index in [1.807, 2.05) is 17.1 Å². The first-order valence-electron chi connectivity index (χ1n) is 10.0. The van der Waals surface area contributed by atoms with Crippen molar-refractivity contribution in [3.8, 4) is 0 Å². The molecule has 3 rings (SSSR count). The predicted octanol–water partition coefficient (Wildman–Crippen LogP) is 2.30. The van der Waals surface area contributed by atoms with Crippen LogP contribution >= 0.6 is 0 Å². The van der Waals surface area contributed by atoms with Crippen LogP contribution in [0, 0.1) is 11.3 Å². The molecular weight excluding hydrogens is 328 g/mol. The molecule has 0 spiro atoms. The lowest BCUT2D eigenvalue weighted by Gasteiger charge is -2.39. The zero-order valence-electron chi connectivity index (χ0n) is 16.5. The van der Waals surface area contributed by atoms with E-state index in [0.29, 0.717) is 6.04 Å². The van der Waals surface area contributed by atoms with Gasteiger partial charge in [-0.2, -0.15) is 0 Å². The van der Waals surface area contributed by atoms with Crippen molar-refractivity contribution in [3.05, 3.63) is 18.7 Å². The van der Waals surface area contributed by atoms with Crippen LogP contribution < -0.4 is 5.32 Å². The summed E-state index contributed by atoms with van der Waals surface area (Å²) < 4.78 is 7.52. The first kappa shape index (κ1) is 19.4. The molecule has 26 heavy (non-hydrogen) atoms. The van der Waals surface area contributed by atoms with Crippen LogP contribution in [0.5, 0.6) is 0 Å². The first-order chi connectivity index (χ1) is 12.4. The number of ether oxygens (including phenoxy) is 1. The Morgan fingerprint density at radius 2 is 1.92 bits per heavy atom. The minimum Gasteiger partial charge on any atom is -0.381 e. The third-order valence-corrected chi connectivity index (χ3v) is 5.92. The van der Waals surface area contributed by atoms with Gasteiger partial charge in [-0.25, -0.2) is 4.98 Å². The number of aromatic nitrogens is 2. The largest absolute Gasteiger partial charge is 0.381 e. The van der Waals surface area contributed by atoms with Crippen molar-refractivity contribution in [3.63, 3.8) is 0 Å². The lowest BCUT2D eigenvalue weighted by molar-refractivity contribution is -0.128. The van der Waals surface area contributed by atoms with Gasteiger partial charge in [-0.15, -0.1) is 0 Å². The molecule has 2 saturated heterocycles. The molecule has 146 valence electrons. The van der Waals surface area contributed by atoms with Gasteiger partial charge >= 0.3 is 0 Å². The quantitative estimate of drug-likeness (QED) is 0.873. The summed E-state index contributed by atoms with van der Waals surface area (Å²) in [5.74, 6) is 0.357. The van der Waals surface area contributed by atoms with Gasteiger partial charge in [0.15, 0.2) is 0 Å². The molecule has 1 aromatic heterocycles. The molecule has 1 N–H and O–H groups in total. The second-order valence-corrected chi connectivity index (χ2v) is 8.84. The number of rotatable bonds is 5. The van der Waals surface area contributed by atoms with Crippen molar-refractivity contribution < 1.29 is 9.53 Å². The number of nitrogens with zero attached hydrogens (tertiary/aromatic N) is 3. The van der Waals surface area contributed by atoms with Crippen LogP contribution in [0.3, 0.4) is 0 Å². The summed E-state index contributed by atoms with van der Waals surface area (Å²) in [6, 6.07) is 0.744. The summed E-state index contributed by atoms with van der Waals surface area (Å²) in [7, 11) is 0. The average molecular weight is 363 g/mol. The van der Waals surface area contributed by atoms with Gasteiger partial charge in [0.1, 0.15) is 0 Å². The fourth-order valence-electron chi connectivity index (χ4n) is 4.01. The van der Waals surface area contributed by atoms with Crippen LogP contribution in [0.1, 0.15) is 46.5 Å². The Balaban J connectivity index is 1.51. The Labute approximate surface area is 157 Å². The fourth-order valence-corrected chi connectivity index (χ4v) is 4.01. The molecule has 0 radical (unpaired) electrons. The highest BCUT2D eigenvalue weighted by atomic mass is 16.5. The maximum absolute atomic E-state index is 12.9. The van der Waals surface area contributed by atoms with Gasteiger partial charge in [-0.1, -0.05) is 20.8 Å². The molecule has 0 saturated carbocycles. The average Bonchev–Trinajstić information content (AvgIpc) is 3.14. The van der Waals surface area contributed by atoms with Crippen LogP contribution in [0.25, 0.3) is 0 Å². The number of carbonyl (C=O) groups excluding carboxylic acids is 1. The highest BCUT2D eigenvalue weighted by molar-refractivity contribution is 5.79. The zero-order chi connectivity index (χ0) is 18.6. The minimum atomic E-state index is 0.00271. The van der Waals surface area contributed by atoms with Gasteiger partial charge < -0.3 is 19.5 Å². The predicted molar refractivity (Wildman–Crippen MR) is 102 cm³/mol. The lowest BCUT2D eigenvalue weighted by Crippen LogP contribution is -2.51. The number of carbonyl (C=O) groups is 1. The summed E-state index contributed by atoms with van der Waals surface area (Å²) in [5.41, 5.74) is 0.00271. The summed E-state index contributed by atoms with van der Waals surface area (Å²) in [5, 5.41) is 3.33. The van der Waals surface area contributed by atoms with E-state index in [0.717, 1.165) is 58.5 Å². The van der Waals surface area contributed by atoms with E-state index in [-0.39, 0.29) is 23.3 Å². The molecule has 2 aliphatic rings. The highest BCUT2D eigenvalue weighted by Gasteiger charge is 2.32. The number of imidazole rings is 1. The van der Waals surface area contributed by atoms with E-state index in [1.165, 1.54) is 0 Å². The Morgan fingerprint density at radius 3 is 2.50 bits per heavy atom.